The number of aromatic nitrogens is 1. The van der Waals surface area contributed by atoms with Gasteiger partial charge < -0.3 is 10.3 Å². The molecule has 72 valence electrons. The van der Waals surface area contributed by atoms with E-state index < -0.39 is 5.91 Å². The van der Waals surface area contributed by atoms with E-state index in [1.165, 1.54) is 0 Å². The van der Waals surface area contributed by atoms with E-state index in [0.717, 1.165) is 15.4 Å². The highest BCUT2D eigenvalue weighted by Gasteiger charge is 2.07. The molecule has 0 fully saturated rings. The van der Waals surface area contributed by atoms with Crippen LogP contribution < -0.4 is 5.73 Å². The van der Waals surface area contributed by atoms with Crippen LogP contribution in [-0.4, -0.2) is 10.5 Å². The van der Waals surface area contributed by atoms with Crippen LogP contribution in [0.15, 0.2) is 28.9 Å². The number of primary amides is 1. The number of halogens is 1. The average Bonchev–Trinajstić information content (AvgIpc) is 2.48. The predicted molar refractivity (Wildman–Crippen MR) is 59.1 cm³/mol. The monoisotopic (exact) mass is 252 g/mol. The second kappa shape index (κ2) is 3.13. The second-order valence-electron chi connectivity index (χ2n) is 3.18. The van der Waals surface area contributed by atoms with E-state index >= 15 is 0 Å². The summed E-state index contributed by atoms with van der Waals surface area (Å²) in [7, 11) is 1.93. The van der Waals surface area contributed by atoms with E-state index in [4.69, 9.17) is 5.73 Å². The van der Waals surface area contributed by atoms with E-state index in [9.17, 15) is 4.79 Å². The molecule has 4 heteroatoms. The van der Waals surface area contributed by atoms with Crippen molar-refractivity contribution in [3.63, 3.8) is 0 Å². The number of nitrogens with two attached hydrogens (primary N) is 1. The molecule has 0 aliphatic rings. The van der Waals surface area contributed by atoms with E-state index in [1.807, 2.05) is 23.9 Å². The Morgan fingerprint density at radius 1 is 1.50 bits per heavy atom. The fraction of sp³-hybridized carbons (Fsp3) is 0.100. The number of benzene rings is 1. The Labute approximate surface area is 89.6 Å². The normalized spacial score (nSPS) is 10.7. The molecule has 1 amide bonds. The van der Waals surface area contributed by atoms with Gasteiger partial charge in [0.25, 0.3) is 0 Å². The fourth-order valence-corrected chi connectivity index (χ4v) is 2.05. The van der Waals surface area contributed by atoms with Gasteiger partial charge in [0.2, 0.25) is 5.91 Å². The van der Waals surface area contributed by atoms with Crippen molar-refractivity contribution in [2.24, 2.45) is 12.8 Å². The van der Waals surface area contributed by atoms with Gasteiger partial charge >= 0.3 is 0 Å². The standard InChI is InChI=1S/C10H9BrN2O/c1-13-3-2-7-8(11)4-6(10(12)14)5-9(7)13/h2-5H,1H3,(H2,12,14). The van der Waals surface area contributed by atoms with Gasteiger partial charge in [-0.1, -0.05) is 15.9 Å². The van der Waals surface area contributed by atoms with Crippen LogP contribution in [0.25, 0.3) is 10.9 Å². The lowest BCUT2D eigenvalue weighted by molar-refractivity contribution is 0.100. The summed E-state index contributed by atoms with van der Waals surface area (Å²) in [5.41, 5.74) is 6.74. The molecular weight excluding hydrogens is 244 g/mol. The number of rotatable bonds is 1. The van der Waals surface area contributed by atoms with E-state index in [2.05, 4.69) is 15.9 Å². The van der Waals surface area contributed by atoms with Gasteiger partial charge in [-0.15, -0.1) is 0 Å². The third kappa shape index (κ3) is 1.32. The maximum atomic E-state index is 11.0. The van der Waals surface area contributed by atoms with Gasteiger partial charge in [-0.25, -0.2) is 0 Å². The highest BCUT2D eigenvalue weighted by Crippen LogP contribution is 2.26. The Kier molecular flexibility index (Phi) is 2.07. The van der Waals surface area contributed by atoms with Gasteiger partial charge in [0.1, 0.15) is 0 Å². The summed E-state index contributed by atoms with van der Waals surface area (Å²) in [6.45, 7) is 0. The lowest BCUT2D eigenvalue weighted by Crippen LogP contribution is -2.10. The Hall–Kier alpha value is -1.29. The van der Waals surface area contributed by atoms with Crippen LogP contribution in [0.1, 0.15) is 10.4 Å². The number of carbonyl (C=O) groups is 1. The Morgan fingerprint density at radius 2 is 2.21 bits per heavy atom. The number of hydrogen-bond donors (Lipinski definition) is 1. The summed E-state index contributed by atoms with van der Waals surface area (Å²) in [5.74, 6) is -0.409. The van der Waals surface area contributed by atoms with E-state index in [-0.39, 0.29) is 0 Å². The number of aryl methyl sites for hydroxylation is 1. The first-order valence-electron chi connectivity index (χ1n) is 4.14. The number of fused-ring (bicyclic) bond motifs is 1. The molecule has 0 radical (unpaired) electrons. The first-order chi connectivity index (χ1) is 6.59. The molecule has 1 aromatic heterocycles. The zero-order valence-corrected chi connectivity index (χ0v) is 9.21. The highest BCUT2D eigenvalue weighted by molar-refractivity contribution is 9.10. The molecule has 0 atom stereocenters. The average molecular weight is 253 g/mol. The minimum Gasteiger partial charge on any atom is -0.366 e. The summed E-state index contributed by atoms with van der Waals surface area (Å²) >= 11 is 3.41. The second-order valence-corrected chi connectivity index (χ2v) is 4.04. The van der Waals surface area contributed by atoms with Crippen molar-refractivity contribution in [1.29, 1.82) is 0 Å². The quantitative estimate of drug-likeness (QED) is 0.830. The molecule has 2 N–H and O–H groups in total. The van der Waals surface area contributed by atoms with Gasteiger partial charge in [0.15, 0.2) is 0 Å². The number of amides is 1. The summed E-state index contributed by atoms with van der Waals surface area (Å²) < 4.78 is 2.84. The van der Waals surface area contributed by atoms with Crippen molar-refractivity contribution in [1.82, 2.24) is 4.57 Å². The van der Waals surface area contributed by atoms with Crippen molar-refractivity contribution in [2.75, 3.05) is 0 Å². The fourth-order valence-electron chi connectivity index (χ4n) is 1.47. The maximum Gasteiger partial charge on any atom is 0.248 e. The van der Waals surface area contributed by atoms with Crippen LogP contribution in [0, 0.1) is 0 Å². The third-order valence-corrected chi connectivity index (χ3v) is 2.89. The van der Waals surface area contributed by atoms with Crippen LogP contribution in [0.3, 0.4) is 0 Å². The topological polar surface area (TPSA) is 48.0 Å². The zero-order chi connectivity index (χ0) is 10.3. The van der Waals surface area contributed by atoms with Crippen molar-refractivity contribution in [3.8, 4) is 0 Å². The lowest BCUT2D eigenvalue weighted by Gasteiger charge is -2.01. The van der Waals surface area contributed by atoms with E-state index in [1.54, 1.807) is 12.1 Å². The van der Waals surface area contributed by atoms with Crippen LogP contribution in [-0.2, 0) is 7.05 Å². The van der Waals surface area contributed by atoms with Crippen LogP contribution >= 0.6 is 15.9 Å². The van der Waals surface area contributed by atoms with Crippen molar-refractivity contribution in [3.05, 3.63) is 34.4 Å². The largest absolute Gasteiger partial charge is 0.366 e. The number of hydrogen-bond acceptors (Lipinski definition) is 1. The molecule has 0 bridgehead atoms. The van der Waals surface area contributed by atoms with E-state index in [0.29, 0.717) is 5.56 Å². The van der Waals surface area contributed by atoms with Gasteiger partial charge in [-0.3, -0.25) is 4.79 Å². The van der Waals surface area contributed by atoms with Crippen molar-refractivity contribution in [2.45, 2.75) is 0 Å². The van der Waals surface area contributed by atoms with Crippen molar-refractivity contribution < 1.29 is 4.79 Å². The Morgan fingerprint density at radius 3 is 2.86 bits per heavy atom. The smallest absolute Gasteiger partial charge is 0.248 e. The molecule has 3 nitrogen and oxygen atoms in total. The zero-order valence-electron chi connectivity index (χ0n) is 7.62. The molecule has 0 saturated heterocycles. The first kappa shape index (κ1) is 9.27. The van der Waals surface area contributed by atoms with Crippen molar-refractivity contribution >= 4 is 32.7 Å². The summed E-state index contributed by atoms with van der Waals surface area (Å²) in [6, 6.07) is 5.53. The van der Waals surface area contributed by atoms with Crippen LogP contribution in [0.2, 0.25) is 0 Å². The molecule has 0 spiro atoms. The molecule has 1 heterocycles. The van der Waals surface area contributed by atoms with Crippen LogP contribution in [0.5, 0.6) is 0 Å². The molecule has 2 aromatic rings. The molecule has 1 aromatic carbocycles. The first-order valence-corrected chi connectivity index (χ1v) is 4.93. The molecule has 0 unspecified atom stereocenters. The predicted octanol–water partition coefficient (Wildman–Crippen LogP) is 2.04. The summed E-state index contributed by atoms with van der Waals surface area (Å²) in [5, 5.41) is 1.08. The molecule has 0 aliphatic carbocycles. The van der Waals surface area contributed by atoms with Gasteiger partial charge in [-0.2, -0.15) is 0 Å². The molecule has 0 saturated carbocycles. The molecule has 14 heavy (non-hydrogen) atoms. The Balaban J connectivity index is 2.82. The van der Waals surface area contributed by atoms with Gasteiger partial charge in [0, 0.05) is 34.2 Å². The minimum atomic E-state index is -0.409. The summed E-state index contributed by atoms with van der Waals surface area (Å²) in [4.78, 5) is 11.0. The highest BCUT2D eigenvalue weighted by atomic mass is 79.9. The molecule has 0 aliphatic heterocycles. The number of carbonyl (C=O) groups excluding carboxylic acids is 1. The van der Waals surface area contributed by atoms with Crippen LogP contribution in [0.4, 0.5) is 0 Å². The Bertz CT molecular complexity index is 516. The minimum absolute atomic E-state index is 0.409. The number of nitrogens with zero attached hydrogens (tertiary/aromatic N) is 1. The third-order valence-electron chi connectivity index (χ3n) is 2.24. The molecular formula is C10H9BrN2O. The SMILES string of the molecule is Cn1ccc2c(Br)cc(C(N)=O)cc21. The van der Waals surface area contributed by atoms with Gasteiger partial charge in [0.05, 0.1) is 0 Å². The maximum absolute atomic E-state index is 11.0. The lowest BCUT2D eigenvalue weighted by atomic mass is 10.1. The molecule has 2 rings (SSSR count). The van der Waals surface area contributed by atoms with Gasteiger partial charge in [-0.05, 0) is 18.2 Å². The summed E-state index contributed by atoms with van der Waals surface area (Å²) in [6.07, 6.45) is 1.94.